The molecule has 0 spiro atoms. The van der Waals surface area contributed by atoms with Gasteiger partial charge in [0.1, 0.15) is 0 Å². The molecule has 1 aliphatic rings. The van der Waals surface area contributed by atoms with Crippen LogP contribution >= 0.6 is 0 Å². The summed E-state index contributed by atoms with van der Waals surface area (Å²) in [4.78, 5) is 2.66. The number of methoxy groups -OCH3 is 1. The number of hydrogen-bond acceptors (Lipinski definition) is 3. The predicted octanol–water partition coefficient (Wildman–Crippen LogP) is 2.40. The molecule has 1 rings (SSSR count). The van der Waals surface area contributed by atoms with Crippen LogP contribution in [0.15, 0.2) is 0 Å². The molecule has 0 bridgehead atoms. The van der Waals surface area contributed by atoms with E-state index in [1.165, 1.54) is 51.6 Å². The fourth-order valence-electron chi connectivity index (χ4n) is 3.09. The molecule has 1 saturated carbocycles. The fourth-order valence-corrected chi connectivity index (χ4v) is 3.09. The van der Waals surface area contributed by atoms with Crippen LogP contribution in [0, 0.1) is 0 Å². The molecule has 0 saturated heterocycles. The van der Waals surface area contributed by atoms with E-state index in [0.717, 1.165) is 19.6 Å². The maximum atomic E-state index is 6.06. The van der Waals surface area contributed by atoms with E-state index in [4.69, 9.17) is 10.5 Å². The Hall–Kier alpha value is -0.120. The third-order valence-corrected chi connectivity index (χ3v) is 4.11. The third-order valence-electron chi connectivity index (χ3n) is 4.11. The van der Waals surface area contributed by atoms with Gasteiger partial charge in [-0.1, -0.05) is 19.8 Å². The summed E-state index contributed by atoms with van der Waals surface area (Å²) < 4.78 is 5.12. The van der Waals surface area contributed by atoms with Crippen molar-refractivity contribution in [2.75, 3.05) is 33.4 Å². The standard InChI is InChI=1S/C14H30N2O/c1-3-10-16(11-6-7-12-17-2)14(13-15)8-4-5-9-14/h3-13,15H2,1-2H3. The molecule has 0 aromatic carbocycles. The average Bonchev–Trinajstić information content (AvgIpc) is 2.83. The zero-order valence-electron chi connectivity index (χ0n) is 11.7. The van der Waals surface area contributed by atoms with Crippen molar-refractivity contribution in [1.29, 1.82) is 0 Å². The summed E-state index contributed by atoms with van der Waals surface area (Å²) in [7, 11) is 1.78. The van der Waals surface area contributed by atoms with Crippen LogP contribution in [0.2, 0.25) is 0 Å². The Morgan fingerprint density at radius 1 is 1.18 bits per heavy atom. The largest absolute Gasteiger partial charge is 0.385 e. The molecule has 3 nitrogen and oxygen atoms in total. The van der Waals surface area contributed by atoms with Gasteiger partial charge in [-0.15, -0.1) is 0 Å². The Morgan fingerprint density at radius 2 is 1.88 bits per heavy atom. The molecule has 1 fully saturated rings. The molecular weight excluding hydrogens is 212 g/mol. The molecular formula is C14H30N2O. The van der Waals surface area contributed by atoms with Gasteiger partial charge in [-0.05, 0) is 45.2 Å². The van der Waals surface area contributed by atoms with Crippen LogP contribution in [0.4, 0.5) is 0 Å². The Balaban J connectivity index is 2.45. The minimum absolute atomic E-state index is 0.323. The second-order valence-corrected chi connectivity index (χ2v) is 5.32. The van der Waals surface area contributed by atoms with Gasteiger partial charge in [0.15, 0.2) is 0 Å². The lowest BCUT2D eigenvalue weighted by Crippen LogP contribution is -2.52. The summed E-state index contributed by atoms with van der Waals surface area (Å²) in [6.07, 6.45) is 8.94. The second kappa shape index (κ2) is 8.06. The third kappa shape index (κ3) is 4.23. The van der Waals surface area contributed by atoms with Crippen LogP contribution in [0.25, 0.3) is 0 Å². The molecule has 0 radical (unpaired) electrons. The van der Waals surface area contributed by atoms with Crippen LogP contribution < -0.4 is 5.73 Å². The monoisotopic (exact) mass is 242 g/mol. The molecule has 17 heavy (non-hydrogen) atoms. The number of ether oxygens (including phenoxy) is 1. The molecule has 2 N–H and O–H groups in total. The summed E-state index contributed by atoms with van der Waals surface area (Å²) >= 11 is 0. The Morgan fingerprint density at radius 3 is 2.41 bits per heavy atom. The summed E-state index contributed by atoms with van der Waals surface area (Å²) in [5.41, 5.74) is 6.39. The van der Waals surface area contributed by atoms with E-state index >= 15 is 0 Å². The van der Waals surface area contributed by atoms with Gasteiger partial charge >= 0.3 is 0 Å². The maximum absolute atomic E-state index is 6.06. The maximum Gasteiger partial charge on any atom is 0.0462 e. The van der Waals surface area contributed by atoms with Crippen molar-refractivity contribution < 1.29 is 4.74 Å². The predicted molar refractivity (Wildman–Crippen MR) is 73.2 cm³/mol. The summed E-state index contributed by atoms with van der Waals surface area (Å²) in [5.74, 6) is 0. The van der Waals surface area contributed by atoms with Crippen molar-refractivity contribution in [1.82, 2.24) is 4.90 Å². The molecule has 0 aliphatic heterocycles. The highest BCUT2D eigenvalue weighted by Gasteiger charge is 2.37. The molecule has 0 amide bonds. The normalized spacial score (nSPS) is 19.1. The van der Waals surface area contributed by atoms with Gasteiger partial charge < -0.3 is 10.5 Å². The van der Waals surface area contributed by atoms with Gasteiger partial charge in [-0.3, -0.25) is 4.90 Å². The smallest absolute Gasteiger partial charge is 0.0462 e. The minimum Gasteiger partial charge on any atom is -0.385 e. The average molecular weight is 242 g/mol. The minimum atomic E-state index is 0.323. The van der Waals surface area contributed by atoms with Crippen molar-refractivity contribution in [3.05, 3.63) is 0 Å². The SMILES string of the molecule is CCCN(CCCCOC)C1(CN)CCCC1. The van der Waals surface area contributed by atoms with Crippen LogP contribution in [0.3, 0.4) is 0 Å². The lowest BCUT2D eigenvalue weighted by molar-refractivity contribution is 0.0922. The first kappa shape index (κ1) is 14.9. The van der Waals surface area contributed by atoms with E-state index in [2.05, 4.69) is 11.8 Å². The second-order valence-electron chi connectivity index (χ2n) is 5.32. The van der Waals surface area contributed by atoms with E-state index < -0.39 is 0 Å². The zero-order valence-corrected chi connectivity index (χ0v) is 11.7. The van der Waals surface area contributed by atoms with Crippen LogP contribution in [-0.2, 0) is 4.74 Å². The Labute approximate surface area is 107 Å². The Bertz CT molecular complexity index is 191. The first-order chi connectivity index (χ1) is 8.29. The molecule has 3 heteroatoms. The Kier molecular flexibility index (Phi) is 7.09. The molecule has 1 aliphatic carbocycles. The summed E-state index contributed by atoms with van der Waals surface area (Å²) in [6.45, 7) is 6.37. The van der Waals surface area contributed by atoms with Gasteiger partial charge in [-0.25, -0.2) is 0 Å². The number of rotatable bonds is 9. The quantitative estimate of drug-likeness (QED) is 0.631. The van der Waals surface area contributed by atoms with Crippen molar-refractivity contribution in [3.8, 4) is 0 Å². The van der Waals surface area contributed by atoms with Crippen molar-refractivity contribution in [3.63, 3.8) is 0 Å². The zero-order chi connectivity index (χ0) is 12.6. The molecule has 102 valence electrons. The number of nitrogens with two attached hydrogens (primary N) is 1. The van der Waals surface area contributed by atoms with Gasteiger partial charge in [0.05, 0.1) is 0 Å². The van der Waals surface area contributed by atoms with E-state index in [-0.39, 0.29) is 0 Å². The number of unbranched alkanes of at least 4 members (excludes halogenated alkanes) is 1. The number of hydrogen-bond donors (Lipinski definition) is 1. The first-order valence-electron chi connectivity index (χ1n) is 7.23. The van der Waals surface area contributed by atoms with E-state index in [1.807, 2.05) is 0 Å². The van der Waals surface area contributed by atoms with Gasteiger partial charge in [0, 0.05) is 25.8 Å². The summed E-state index contributed by atoms with van der Waals surface area (Å²) in [6, 6.07) is 0. The van der Waals surface area contributed by atoms with Gasteiger partial charge in [-0.2, -0.15) is 0 Å². The topological polar surface area (TPSA) is 38.5 Å². The van der Waals surface area contributed by atoms with Gasteiger partial charge in [0.2, 0.25) is 0 Å². The highest BCUT2D eigenvalue weighted by atomic mass is 16.5. The molecule has 0 heterocycles. The highest BCUT2D eigenvalue weighted by Crippen LogP contribution is 2.34. The van der Waals surface area contributed by atoms with E-state index in [9.17, 15) is 0 Å². The molecule has 0 aromatic heterocycles. The van der Waals surface area contributed by atoms with Crippen LogP contribution in [0.1, 0.15) is 51.9 Å². The molecule has 0 atom stereocenters. The van der Waals surface area contributed by atoms with Crippen LogP contribution in [-0.4, -0.2) is 43.8 Å². The highest BCUT2D eigenvalue weighted by molar-refractivity contribution is 4.95. The number of nitrogens with zero attached hydrogens (tertiary/aromatic N) is 1. The lowest BCUT2D eigenvalue weighted by atomic mass is 9.94. The van der Waals surface area contributed by atoms with E-state index in [1.54, 1.807) is 7.11 Å². The summed E-state index contributed by atoms with van der Waals surface area (Å²) in [5, 5.41) is 0. The van der Waals surface area contributed by atoms with Crippen molar-refractivity contribution in [2.45, 2.75) is 57.4 Å². The molecule has 0 unspecified atom stereocenters. The van der Waals surface area contributed by atoms with Crippen molar-refractivity contribution in [2.24, 2.45) is 5.73 Å². The molecule has 0 aromatic rings. The first-order valence-corrected chi connectivity index (χ1v) is 7.23. The van der Waals surface area contributed by atoms with Crippen LogP contribution in [0.5, 0.6) is 0 Å². The van der Waals surface area contributed by atoms with Crippen molar-refractivity contribution >= 4 is 0 Å². The van der Waals surface area contributed by atoms with E-state index in [0.29, 0.717) is 5.54 Å². The fraction of sp³-hybridized carbons (Fsp3) is 1.00. The van der Waals surface area contributed by atoms with Gasteiger partial charge in [0.25, 0.3) is 0 Å². The lowest BCUT2D eigenvalue weighted by Gasteiger charge is -2.41.